The number of nitrogens with one attached hydrogen (secondary N) is 1. The molecule has 142 valence electrons. The van der Waals surface area contributed by atoms with Gasteiger partial charge in [0.05, 0.1) is 11.5 Å². The van der Waals surface area contributed by atoms with Gasteiger partial charge >= 0.3 is 0 Å². The summed E-state index contributed by atoms with van der Waals surface area (Å²) < 4.78 is 23.5. The fourth-order valence-electron chi connectivity index (χ4n) is 3.21. The third-order valence-corrected chi connectivity index (χ3v) is 6.73. The Morgan fingerprint density at radius 1 is 1.15 bits per heavy atom. The Morgan fingerprint density at radius 2 is 1.89 bits per heavy atom. The van der Waals surface area contributed by atoms with Gasteiger partial charge in [0.25, 0.3) is 5.91 Å². The van der Waals surface area contributed by atoms with Gasteiger partial charge in [-0.25, -0.2) is 18.4 Å². The van der Waals surface area contributed by atoms with E-state index in [0.717, 1.165) is 18.4 Å². The first kappa shape index (κ1) is 17.9. The molecule has 2 heterocycles. The number of sulfone groups is 1. The third-order valence-electron chi connectivity index (χ3n) is 4.98. The van der Waals surface area contributed by atoms with Crippen molar-refractivity contribution < 1.29 is 13.2 Å². The summed E-state index contributed by atoms with van der Waals surface area (Å²) in [5, 5.41) is 3.33. The molecule has 1 aromatic carbocycles. The van der Waals surface area contributed by atoms with Crippen molar-refractivity contribution in [2.75, 3.05) is 23.9 Å². The molecule has 0 spiro atoms. The molecule has 1 amide bonds. The zero-order valence-corrected chi connectivity index (χ0v) is 15.9. The van der Waals surface area contributed by atoms with E-state index in [2.05, 4.69) is 15.3 Å². The average molecular weight is 386 g/mol. The van der Waals surface area contributed by atoms with Crippen molar-refractivity contribution >= 4 is 21.6 Å². The van der Waals surface area contributed by atoms with E-state index in [1.807, 2.05) is 30.3 Å². The second kappa shape index (κ2) is 6.92. The molecule has 2 aromatic rings. The lowest BCUT2D eigenvalue weighted by Crippen LogP contribution is -2.38. The quantitative estimate of drug-likeness (QED) is 0.845. The Labute approximate surface area is 158 Å². The topological polar surface area (TPSA) is 92.3 Å². The lowest BCUT2D eigenvalue weighted by atomic mass is 10.2. The van der Waals surface area contributed by atoms with E-state index in [1.165, 1.54) is 4.90 Å². The number of benzene rings is 1. The van der Waals surface area contributed by atoms with Crippen LogP contribution in [0, 0.1) is 0 Å². The molecule has 1 unspecified atom stereocenters. The molecule has 1 saturated carbocycles. The first-order chi connectivity index (χ1) is 12.9. The van der Waals surface area contributed by atoms with E-state index in [-0.39, 0.29) is 29.1 Å². The van der Waals surface area contributed by atoms with Crippen molar-refractivity contribution in [1.82, 2.24) is 14.9 Å². The summed E-state index contributed by atoms with van der Waals surface area (Å²) in [7, 11) is -1.42. The van der Waals surface area contributed by atoms with Gasteiger partial charge in [0.15, 0.2) is 15.7 Å². The molecule has 0 radical (unpaired) electrons. The summed E-state index contributed by atoms with van der Waals surface area (Å²) in [6.45, 7) is 0. The van der Waals surface area contributed by atoms with E-state index >= 15 is 0 Å². The van der Waals surface area contributed by atoms with Crippen LogP contribution in [0.15, 0.2) is 36.4 Å². The molecular weight excluding hydrogens is 364 g/mol. The van der Waals surface area contributed by atoms with Crippen LogP contribution in [0.4, 0.5) is 5.82 Å². The monoisotopic (exact) mass is 386 g/mol. The number of hydrogen-bond acceptors (Lipinski definition) is 6. The van der Waals surface area contributed by atoms with Gasteiger partial charge in [0.2, 0.25) is 0 Å². The standard InChI is InChI=1S/C19H22N4O3S/c1-23(15-9-10-27(25,26)12-15)19(24)16-11-17(20-14-7-8-14)22-18(21-16)13-5-3-2-4-6-13/h2-6,11,14-15H,7-10,12H2,1H3,(H,20,21,22). The van der Waals surface area contributed by atoms with E-state index < -0.39 is 9.84 Å². The Bertz CT molecular complexity index is 958. The number of hydrogen-bond donors (Lipinski definition) is 1. The van der Waals surface area contributed by atoms with Crippen molar-refractivity contribution in [2.45, 2.75) is 31.3 Å². The van der Waals surface area contributed by atoms with Crippen LogP contribution in [0.25, 0.3) is 11.4 Å². The summed E-state index contributed by atoms with van der Waals surface area (Å²) in [5.41, 5.74) is 1.11. The number of rotatable bonds is 5. The van der Waals surface area contributed by atoms with Gasteiger partial charge in [-0.15, -0.1) is 0 Å². The Balaban J connectivity index is 1.65. The first-order valence-corrected chi connectivity index (χ1v) is 10.9. The van der Waals surface area contributed by atoms with Crippen molar-refractivity contribution in [3.63, 3.8) is 0 Å². The number of nitrogens with zero attached hydrogens (tertiary/aromatic N) is 3. The maximum absolute atomic E-state index is 13.0. The normalized spacial score (nSPS) is 21.0. The number of carbonyl (C=O) groups is 1. The zero-order chi connectivity index (χ0) is 19.0. The first-order valence-electron chi connectivity index (χ1n) is 9.10. The second-order valence-corrected chi connectivity index (χ2v) is 9.45. The zero-order valence-electron chi connectivity index (χ0n) is 15.1. The van der Waals surface area contributed by atoms with Crippen LogP contribution in [0.2, 0.25) is 0 Å². The van der Waals surface area contributed by atoms with Crippen LogP contribution in [0.5, 0.6) is 0 Å². The molecule has 1 aromatic heterocycles. The summed E-state index contributed by atoms with van der Waals surface area (Å²) in [6.07, 6.45) is 2.65. The molecule has 1 N–H and O–H groups in total. The lowest BCUT2D eigenvalue weighted by molar-refractivity contribution is 0.0742. The maximum Gasteiger partial charge on any atom is 0.272 e. The fourth-order valence-corrected chi connectivity index (χ4v) is 4.99. The molecule has 2 aliphatic rings. The highest BCUT2D eigenvalue weighted by molar-refractivity contribution is 7.91. The highest BCUT2D eigenvalue weighted by atomic mass is 32.2. The van der Waals surface area contributed by atoms with Crippen LogP contribution in [0.1, 0.15) is 29.8 Å². The summed E-state index contributed by atoms with van der Waals surface area (Å²) >= 11 is 0. The van der Waals surface area contributed by atoms with Crippen molar-refractivity contribution in [2.24, 2.45) is 0 Å². The van der Waals surface area contributed by atoms with Crippen molar-refractivity contribution in [3.8, 4) is 11.4 Å². The average Bonchev–Trinajstić information content (AvgIpc) is 3.41. The number of carbonyl (C=O) groups excluding carboxylic acids is 1. The molecule has 8 heteroatoms. The molecule has 0 bridgehead atoms. The smallest absolute Gasteiger partial charge is 0.272 e. The van der Waals surface area contributed by atoms with E-state index in [0.29, 0.717) is 24.1 Å². The summed E-state index contributed by atoms with van der Waals surface area (Å²) in [6, 6.07) is 11.3. The third kappa shape index (κ3) is 4.10. The maximum atomic E-state index is 13.0. The predicted octanol–water partition coefficient (Wildman–Crippen LogP) is 1.98. The van der Waals surface area contributed by atoms with E-state index in [9.17, 15) is 13.2 Å². The summed E-state index contributed by atoms with van der Waals surface area (Å²) in [4.78, 5) is 23.5. The molecule has 1 aliphatic heterocycles. The fraction of sp³-hybridized carbons (Fsp3) is 0.421. The SMILES string of the molecule is CN(C(=O)c1cc(NC2CC2)nc(-c2ccccc2)n1)C1CCS(=O)(=O)C1. The van der Waals surface area contributed by atoms with Crippen LogP contribution in [-0.4, -0.2) is 59.8 Å². The van der Waals surface area contributed by atoms with Gasteiger partial charge in [0, 0.05) is 30.8 Å². The minimum Gasteiger partial charge on any atom is -0.367 e. The molecule has 27 heavy (non-hydrogen) atoms. The molecular formula is C19H22N4O3S. The highest BCUT2D eigenvalue weighted by Crippen LogP contribution is 2.26. The molecule has 7 nitrogen and oxygen atoms in total. The number of anilines is 1. The molecule has 4 rings (SSSR count). The van der Waals surface area contributed by atoms with Crippen LogP contribution in [0.3, 0.4) is 0 Å². The molecule has 1 aliphatic carbocycles. The van der Waals surface area contributed by atoms with Gasteiger partial charge in [-0.05, 0) is 19.3 Å². The van der Waals surface area contributed by atoms with Gasteiger partial charge in [0.1, 0.15) is 11.5 Å². The predicted molar refractivity (Wildman–Crippen MR) is 103 cm³/mol. The van der Waals surface area contributed by atoms with Gasteiger partial charge in [-0.3, -0.25) is 4.79 Å². The Kier molecular flexibility index (Phi) is 4.59. The summed E-state index contributed by atoms with van der Waals surface area (Å²) in [5.74, 6) is 0.969. The van der Waals surface area contributed by atoms with Crippen LogP contribution >= 0.6 is 0 Å². The molecule has 1 atom stereocenters. The number of aromatic nitrogens is 2. The minimum absolute atomic E-state index is 0.0129. The molecule has 2 fully saturated rings. The van der Waals surface area contributed by atoms with Gasteiger partial charge < -0.3 is 10.2 Å². The Morgan fingerprint density at radius 3 is 2.52 bits per heavy atom. The van der Waals surface area contributed by atoms with E-state index in [1.54, 1.807) is 13.1 Å². The van der Waals surface area contributed by atoms with Crippen molar-refractivity contribution in [1.29, 1.82) is 0 Å². The molecule has 1 saturated heterocycles. The minimum atomic E-state index is -3.06. The second-order valence-electron chi connectivity index (χ2n) is 7.22. The van der Waals surface area contributed by atoms with Crippen LogP contribution in [-0.2, 0) is 9.84 Å². The number of amides is 1. The van der Waals surface area contributed by atoms with Gasteiger partial charge in [-0.2, -0.15) is 0 Å². The lowest BCUT2D eigenvalue weighted by Gasteiger charge is -2.23. The Hall–Kier alpha value is -2.48. The van der Waals surface area contributed by atoms with E-state index in [4.69, 9.17) is 0 Å². The van der Waals surface area contributed by atoms with Gasteiger partial charge in [-0.1, -0.05) is 30.3 Å². The van der Waals surface area contributed by atoms with Crippen molar-refractivity contribution in [3.05, 3.63) is 42.1 Å². The van der Waals surface area contributed by atoms with Crippen LogP contribution < -0.4 is 5.32 Å². The highest BCUT2D eigenvalue weighted by Gasteiger charge is 2.34. The largest absolute Gasteiger partial charge is 0.367 e.